The first-order chi connectivity index (χ1) is 9.78. The zero-order valence-electron chi connectivity index (χ0n) is 12.4. The summed E-state index contributed by atoms with van der Waals surface area (Å²) in [5, 5.41) is 0. The lowest BCUT2D eigenvalue weighted by atomic mass is 10.1. The number of ether oxygens (including phenoxy) is 1. The maximum Gasteiger partial charge on any atom is 0.329 e. The summed E-state index contributed by atoms with van der Waals surface area (Å²) in [4.78, 5) is 29.8. The molecule has 1 fully saturated rings. The Bertz CT molecular complexity index is 537. The van der Waals surface area contributed by atoms with Crippen molar-refractivity contribution in [1.82, 2.24) is 9.88 Å². The van der Waals surface area contributed by atoms with E-state index in [1.165, 1.54) is 17.0 Å². The molecule has 0 saturated carbocycles. The first kappa shape index (κ1) is 15.4. The van der Waals surface area contributed by atoms with Crippen LogP contribution in [0.3, 0.4) is 0 Å². The Kier molecular flexibility index (Phi) is 4.25. The van der Waals surface area contributed by atoms with E-state index in [4.69, 9.17) is 4.74 Å². The van der Waals surface area contributed by atoms with Crippen molar-refractivity contribution in [2.24, 2.45) is 0 Å². The van der Waals surface area contributed by atoms with Crippen LogP contribution in [0.5, 0.6) is 0 Å². The van der Waals surface area contributed by atoms with Gasteiger partial charge >= 0.3 is 5.97 Å². The average Bonchev–Trinajstić information content (AvgIpc) is 2.86. The first-order valence-electron chi connectivity index (χ1n) is 6.93. The molecule has 2 heterocycles. The summed E-state index contributed by atoms with van der Waals surface area (Å²) in [6.45, 7) is 5.83. The second-order valence-electron chi connectivity index (χ2n) is 6.05. The monoisotopic (exact) mass is 294 g/mol. The van der Waals surface area contributed by atoms with Gasteiger partial charge in [0.05, 0.1) is 6.20 Å². The number of hydrogen-bond donors (Lipinski definition) is 0. The SMILES string of the molecule is CC(C)(C)OC(=O)[C@H]1CCCN1C(=O)c1ccc(F)cn1. The molecule has 0 bridgehead atoms. The van der Waals surface area contributed by atoms with Crippen LogP contribution >= 0.6 is 0 Å². The van der Waals surface area contributed by atoms with E-state index in [9.17, 15) is 14.0 Å². The van der Waals surface area contributed by atoms with Gasteiger partial charge in [0.15, 0.2) is 0 Å². The maximum atomic E-state index is 12.9. The number of rotatable bonds is 2. The molecular formula is C15H19FN2O3. The van der Waals surface area contributed by atoms with Crippen molar-refractivity contribution in [2.75, 3.05) is 6.54 Å². The summed E-state index contributed by atoms with van der Waals surface area (Å²) in [5.41, 5.74) is -0.463. The van der Waals surface area contributed by atoms with E-state index in [0.29, 0.717) is 13.0 Å². The van der Waals surface area contributed by atoms with E-state index in [2.05, 4.69) is 4.98 Å². The summed E-state index contributed by atoms with van der Waals surface area (Å²) in [7, 11) is 0. The van der Waals surface area contributed by atoms with E-state index in [0.717, 1.165) is 12.6 Å². The highest BCUT2D eigenvalue weighted by Crippen LogP contribution is 2.22. The Balaban J connectivity index is 2.13. The average molecular weight is 294 g/mol. The molecule has 5 nitrogen and oxygen atoms in total. The van der Waals surface area contributed by atoms with Crippen LogP contribution in [-0.4, -0.2) is 39.9 Å². The zero-order chi connectivity index (χ0) is 15.6. The molecule has 0 spiro atoms. The van der Waals surface area contributed by atoms with Gasteiger partial charge in [0.25, 0.3) is 5.91 Å². The number of aromatic nitrogens is 1. The standard InChI is InChI=1S/C15H19FN2O3/c1-15(2,3)21-14(20)12-5-4-8-18(12)13(19)11-7-6-10(16)9-17-11/h6-7,9,12H,4-5,8H2,1-3H3/t12-/m1/s1. The minimum Gasteiger partial charge on any atom is -0.458 e. The molecule has 2 rings (SSSR count). The van der Waals surface area contributed by atoms with Gasteiger partial charge in [0, 0.05) is 6.54 Å². The lowest BCUT2D eigenvalue weighted by Gasteiger charge is -2.27. The van der Waals surface area contributed by atoms with Crippen molar-refractivity contribution in [3.63, 3.8) is 0 Å². The van der Waals surface area contributed by atoms with Crippen LogP contribution in [0.4, 0.5) is 4.39 Å². The molecule has 1 aliphatic rings. The van der Waals surface area contributed by atoms with Gasteiger partial charge < -0.3 is 9.64 Å². The number of pyridine rings is 1. The quantitative estimate of drug-likeness (QED) is 0.784. The molecule has 21 heavy (non-hydrogen) atoms. The molecule has 0 aromatic carbocycles. The first-order valence-corrected chi connectivity index (χ1v) is 6.93. The van der Waals surface area contributed by atoms with Crippen molar-refractivity contribution in [1.29, 1.82) is 0 Å². The van der Waals surface area contributed by atoms with Crippen LogP contribution in [-0.2, 0) is 9.53 Å². The molecule has 1 aliphatic heterocycles. The molecule has 0 aliphatic carbocycles. The van der Waals surface area contributed by atoms with Gasteiger partial charge in [-0.25, -0.2) is 14.2 Å². The second kappa shape index (κ2) is 5.79. The summed E-state index contributed by atoms with van der Waals surface area (Å²) in [6.07, 6.45) is 2.30. The number of hydrogen-bond acceptors (Lipinski definition) is 4. The fourth-order valence-electron chi connectivity index (χ4n) is 2.27. The van der Waals surface area contributed by atoms with E-state index in [-0.39, 0.29) is 11.6 Å². The van der Waals surface area contributed by atoms with Crippen LogP contribution in [0.1, 0.15) is 44.1 Å². The van der Waals surface area contributed by atoms with Gasteiger partial charge in [-0.2, -0.15) is 0 Å². The maximum absolute atomic E-state index is 12.9. The number of esters is 1. The molecule has 1 saturated heterocycles. The second-order valence-corrected chi connectivity index (χ2v) is 6.05. The number of likely N-dealkylation sites (tertiary alicyclic amines) is 1. The Hall–Kier alpha value is -1.98. The molecule has 1 aromatic heterocycles. The molecule has 1 amide bonds. The predicted octanol–water partition coefficient (Wildman–Crippen LogP) is 2.17. The molecular weight excluding hydrogens is 275 g/mol. The van der Waals surface area contributed by atoms with Crippen molar-refractivity contribution < 1.29 is 18.7 Å². The molecule has 1 aromatic rings. The lowest BCUT2D eigenvalue weighted by Crippen LogP contribution is -2.43. The third-order valence-corrected chi connectivity index (χ3v) is 3.14. The summed E-state index contributed by atoms with van der Waals surface area (Å²) in [5.74, 6) is -1.28. The minimum absolute atomic E-state index is 0.131. The van der Waals surface area contributed by atoms with Crippen molar-refractivity contribution in [3.05, 3.63) is 29.8 Å². The third-order valence-electron chi connectivity index (χ3n) is 3.14. The fraction of sp³-hybridized carbons (Fsp3) is 0.533. The van der Waals surface area contributed by atoms with Gasteiger partial charge in [-0.05, 0) is 45.7 Å². The minimum atomic E-state index is -0.595. The normalized spacial score (nSPS) is 18.7. The lowest BCUT2D eigenvalue weighted by molar-refractivity contribution is -0.159. The van der Waals surface area contributed by atoms with Crippen molar-refractivity contribution in [2.45, 2.75) is 45.3 Å². The topological polar surface area (TPSA) is 59.5 Å². The number of nitrogens with zero attached hydrogens (tertiary/aromatic N) is 2. The van der Waals surface area contributed by atoms with Crippen molar-refractivity contribution >= 4 is 11.9 Å². The number of amides is 1. The number of carbonyl (C=O) groups excluding carboxylic acids is 2. The Morgan fingerprint density at radius 2 is 2.10 bits per heavy atom. The Morgan fingerprint density at radius 3 is 2.67 bits per heavy atom. The van der Waals surface area contributed by atoms with Gasteiger partial charge in [-0.15, -0.1) is 0 Å². The molecule has 0 radical (unpaired) electrons. The Labute approximate surface area is 123 Å². The molecule has 6 heteroatoms. The summed E-state index contributed by atoms with van der Waals surface area (Å²) in [6, 6.07) is 1.91. The molecule has 114 valence electrons. The van der Waals surface area contributed by atoms with Crippen LogP contribution in [0, 0.1) is 5.82 Å². The highest BCUT2D eigenvalue weighted by atomic mass is 19.1. The number of halogens is 1. The van der Waals surface area contributed by atoms with Gasteiger partial charge in [0.2, 0.25) is 0 Å². The largest absolute Gasteiger partial charge is 0.458 e. The van der Waals surface area contributed by atoms with Crippen LogP contribution < -0.4 is 0 Å². The van der Waals surface area contributed by atoms with E-state index < -0.39 is 23.4 Å². The Morgan fingerprint density at radius 1 is 1.38 bits per heavy atom. The zero-order valence-corrected chi connectivity index (χ0v) is 12.4. The van der Waals surface area contributed by atoms with E-state index in [1.807, 2.05) is 0 Å². The van der Waals surface area contributed by atoms with Crippen LogP contribution in [0.15, 0.2) is 18.3 Å². The van der Waals surface area contributed by atoms with Gasteiger partial charge in [0.1, 0.15) is 23.2 Å². The predicted molar refractivity (Wildman–Crippen MR) is 74.1 cm³/mol. The summed E-state index contributed by atoms with van der Waals surface area (Å²) >= 11 is 0. The molecule has 0 N–H and O–H groups in total. The summed E-state index contributed by atoms with van der Waals surface area (Å²) < 4.78 is 18.2. The smallest absolute Gasteiger partial charge is 0.329 e. The van der Waals surface area contributed by atoms with Crippen molar-refractivity contribution in [3.8, 4) is 0 Å². The van der Waals surface area contributed by atoms with Gasteiger partial charge in [-0.3, -0.25) is 4.79 Å². The number of carbonyl (C=O) groups is 2. The van der Waals surface area contributed by atoms with Crippen LogP contribution in [0.25, 0.3) is 0 Å². The highest BCUT2D eigenvalue weighted by Gasteiger charge is 2.37. The molecule has 0 unspecified atom stereocenters. The van der Waals surface area contributed by atoms with E-state index in [1.54, 1.807) is 20.8 Å². The fourth-order valence-corrected chi connectivity index (χ4v) is 2.27. The van der Waals surface area contributed by atoms with Gasteiger partial charge in [-0.1, -0.05) is 0 Å². The third kappa shape index (κ3) is 3.77. The van der Waals surface area contributed by atoms with Crippen LogP contribution in [0.2, 0.25) is 0 Å². The molecule has 1 atom stereocenters. The van der Waals surface area contributed by atoms with E-state index >= 15 is 0 Å². The highest BCUT2D eigenvalue weighted by molar-refractivity contribution is 5.95.